The van der Waals surface area contributed by atoms with Gasteiger partial charge in [-0.25, -0.2) is 4.99 Å². The van der Waals surface area contributed by atoms with Gasteiger partial charge < -0.3 is 30.2 Å². The number of non-ortho nitro benzene ring substituents is 1. The number of anilines is 2. The van der Waals surface area contributed by atoms with Crippen molar-refractivity contribution in [3.8, 4) is 0 Å². The Morgan fingerprint density at radius 3 is 2.48 bits per heavy atom. The van der Waals surface area contributed by atoms with E-state index < -0.39 is 4.92 Å². The molecule has 1 amide bonds. The van der Waals surface area contributed by atoms with Crippen molar-refractivity contribution in [1.82, 2.24) is 4.90 Å². The Hall–Kier alpha value is -1.95. The molecule has 0 atom stereocenters. The molecule has 0 radical (unpaired) electrons. The van der Waals surface area contributed by atoms with Gasteiger partial charge in [-0.1, -0.05) is 4.32 Å². The molecule has 8 nitrogen and oxygen atoms in total. The molecule has 0 saturated carbocycles. The zero-order valence-corrected chi connectivity index (χ0v) is 19.7. The molecule has 2 aromatic carbocycles. The summed E-state index contributed by atoms with van der Waals surface area (Å²) in [6, 6.07) is 11.2. The number of fused-ring (bicyclic) bond motifs is 1. The predicted molar refractivity (Wildman–Crippen MR) is 115 cm³/mol. The molecule has 0 aliphatic carbocycles. The van der Waals surface area contributed by atoms with Crippen LogP contribution < -0.4 is 39.8 Å². The van der Waals surface area contributed by atoms with Crippen molar-refractivity contribution in [3.05, 3.63) is 58.1 Å². The molecule has 3 rings (SSSR count). The SMILES string of the molecule is CN(C)CN1C(=O)C(=Nc2ccc(NC(=S)[S-])cc2)c2cc([N+](=O)[O-])ccc21.[Na+]. The summed E-state index contributed by atoms with van der Waals surface area (Å²) in [5.74, 6) is -0.307. The fourth-order valence-corrected chi connectivity index (χ4v) is 3.05. The smallest absolute Gasteiger partial charge is 0.411 e. The topological polar surface area (TPSA) is 91.1 Å². The summed E-state index contributed by atoms with van der Waals surface area (Å²) in [5.41, 5.74) is 2.36. The average molecular weight is 437 g/mol. The van der Waals surface area contributed by atoms with Crippen molar-refractivity contribution in [2.75, 3.05) is 31.0 Å². The maximum atomic E-state index is 13.0. The summed E-state index contributed by atoms with van der Waals surface area (Å²) in [7, 11) is 3.67. The van der Waals surface area contributed by atoms with Crippen LogP contribution in [0.5, 0.6) is 0 Å². The molecule has 144 valence electrons. The molecule has 2 aromatic rings. The Morgan fingerprint density at radius 1 is 1.28 bits per heavy atom. The normalized spacial score (nSPS) is 14.0. The molecule has 1 N–H and O–H groups in total. The third-order valence-electron chi connectivity index (χ3n) is 3.96. The zero-order chi connectivity index (χ0) is 20.4. The first-order valence-corrected chi connectivity index (χ1v) is 9.00. The minimum Gasteiger partial charge on any atom is -0.411 e. The van der Waals surface area contributed by atoms with E-state index >= 15 is 0 Å². The van der Waals surface area contributed by atoms with Crippen molar-refractivity contribution in [3.63, 3.8) is 0 Å². The van der Waals surface area contributed by atoms with Gasteiger partial charge in [-0.3, -0.25) is 24.7 Å². The van der Waals surface area contributed by atoms with Gasteiger partial charge in [0.15, 0.2) is 0 Å². The van der Waals surface area contributed by atoms with Gasteiger partial charge in [-0.15, -0.1) is 0 Å². The van der Waals surface area contributed by atoms with Crippen molar-refractivity contribution in [2.45, 2.75) is 0 Å². The van der Waals surface area contributed by atoms with Crippen LogP contribution in [0.25, 0.3) is 0 Å². The molecule has 0 fully saturated rings. The maximum Gasteiger partial charge on any atom is 1.00 e. The molecule has 0 unspecified atom stereocenters. The number of hydrogen-bond acceptors (Lipinski definition) is 7. The van der Waals surface area contributed by atoms with E-state index in [1.807, 2.05) is 19.0 Å². The number of nitro benzene ring substituents is 1. The molecule has 11 heteroatoms. The first-order chi connectivity index (χ1) is 13.3. The molecule has 0 aromatic heterocycles. The Balaban J connectivity index is 0.00000300. The quantitative estimate of drug-likeness (QED) is 0.228. The molecule has 0 bridgehead atoms. The van der Waals surface area contributed by atoms with Crippen LogP contribution in [-0.4, -0.2) is 46.5 Å². The van der Waals surface area contributed by atoms with Crippen molar-refractivity contribution in [2.24, 2.45) is 4.99 Å². The zero-order valence-electron chi connectivity index (χ0n) is 16.1. The minimum atomic E-state index is -0.491. The molecule has 0 spiro atoms. The van der Waals surface area contributed by atoms with Gasteiger partial charge in [0.1, 0.15) is 5.71 Å². The summed E-state index contributed by atoms with van der Waals surface area (Å²) in [4.78, 5) is 31.5. The Labute approximate surface area is 200 Å². The molecule has 29 heavy (non-hydrogen) atoms. The summed E-state index contributed by atoms with van der Waals surface area (Å²) in [6.07, 6.45) is 0. The number of carbonyl (C=O) groups is 1. The van der Waals surface area contributed by atoms with Gasteiger partial charge >= 0.3 is 29.6 Å². The first-order valence-electron chi connectivity index (χ1n) is 8.18. The number of thiocarbonyl (C=S) groups is 1. The summed E-state index contributed by atoms with van der Waals surface area (Å²) >= 11 is 9.67. The van der Waals surface area contributed by atoms with Gasteiger partial charge in [0.25, 0.3) is 11.6 Å². The fourth-order valence-electron chi connectivity index (χ4n) is 2.81. The largest absolute Gasteiger partial charge is 1.00 e. The number of aliphatic imine (C=N–C) groups is 1. The number of nitrogens with one attached hydrogen (secondary N) is 1. The molecular weight excluding hydrogens is 421 g/mol. The van der Waals surface area contributed by atoms with Crippen LogP contribution in [0, 0.1) is 10.1 Å². The summed E-state index contributed by atoms with van der Waals surface area (Å²) in [6.45, 7) is 0.335. The Bertz CT molecular complexity index is 995. The average Bonchev–Trinajstić information content (AvgIpc) is 2.87. The van der Waals surface area contributed by atoms with Gasteiger partial charge in [-0.05, 0) is 44.4 Å². The fraction of sp³-hybridized carbons (Fsp3) is 0.167. The van der Waals surface area contributed by atoms with E-state index in [1.165, 1.54) is 12.1 Å². The number of carbonyl (C=O) groups excluding carboxylic acids is 1. The number of hydrogen-bond donors (Lipinski definition) is 1. The van der Waals surface area contributed by atoms with E-state index in [0.717, 1.165) is 0 Å². The molecule has 0 saturated heterocycles. The summed E-state index contributed by atoms with van der Waals surface area (Å²) < 4.78 is 0.227. The van der Waals surface area contributed by atoms with E-state index in [-0.39, 0.29) is 51.2 Å². The van der Waals surface area contributed by atoms with E-state index in [9.17, 15) is 14.9 Å². The van der Waals surface area contributed by atoms with Crippen molar-refractivity contribution < 1.29 is 39.3 Å². The molecule has 1 heterocycles. The third-order valence-corrected chi connectivity index (χ3v) is 4.17. The molecule has 1 aliphatic rings. The van der Waals surface area contributed by atoms with Crippen LogP contribution in [0.15, 0.2) is 47.5 Å². The Kier molecular flexibility index (Phi) is 7.80. The first kappa shape index (κ1) is 23.3. The summed E-state index contributed by atoms with van der Waals surface area (Å²) in [5, 5.41) is 14.0. The minimum absolute atomic E-state index is 0. The Morgan fingerprint density at radius 2 is 1.93 bits per heavy atom. The van der Waals surface area contributed by atoms with E-state index in [2.05, 4.69) is 10.3 Å². The third kappa shape index (κ3) is 5.35. The van der Waals surface area contributed by atoms with E-state index in [0.29, 0.717) is 29.3 Å². The van der Waals surface area contributed by atoms with Crippen molar-refractivity contribution >= 4 is 63.5 Å². The second kappa shape index (κ2) is 9.70. The van der Waals surface area contributed by atoms with Crippen LogP contribution in [0.4, 0.5) is 22.7 Å². The van der Waals surface area contributed by atoms with Gasteiger partial charge in [0.05, 0.1) is 23.0 Å². The van der Waals surface area contributed by atoms with E-state index in [1.54, 1.807) is 35.2 Å². The van der Waals surface area contributed by atoms with Crippen LogP contribution in [0.3, 0.4) is 0 Å². The van der Waals surface area contributed by atoms with Crippen LogP contribution in [0.2, 0.25) is 0 Å². The molecule has 1 aliphatic heterocycles. The standard InChI is InChI=1S/C18H17N5O3S2.Na/c1-21(2)10-22-15-8-7-13(23(25)26)9-14(15)16(17(22)24)19-11-3-5-12(6-4-11)20-18(27)28;/h3-9H,10H2,1-2H3,(H2,20,27,28);/q;+1/p-1. The second-order valence-corrected chi connectivity index (χ2v) is 7.41. The van der Waals surface area contributed by atoms with Gasteiger partial charge in [0, 0.05) is 23.4 Å². The number of nitrogens with zero attached hydrogens (tertiary/aromatic N) is 4. The number of amides is 1. The van der Waals surface area contributed by atoms with Crippen LogP contribution in [-0.2, 0) is 17.4 Å². The number of nitro groups is 1. The number of rotatable bonds is 5. The van der Waals surface area contributed by atoms with Crippen LogP contribution in [0.1, 0.15) is 5.56 Å². The van der Waals surface area contributed by atoms with Gasteiger partial charge in [0.2, 0.25) is 0 Å². The monoisotopic (exact) mass is 437 g/mol. The second-order valence-electron chi connectivity index (χ2n) is 6.33. The van der Waals surface area contributed by atoms with E-state index in [4.69, 9.17) is 24.8 Å². The van der Waals surface area contributed by atoms with Gasteiger partial charge in [-0.2, -0.15) is 0 Å². The van der Waals surface area contributed by atoms with Crippen molar-refractivity contribution in [1.29, 1.82) is 0 Å². The maximum absolute atomic E-state index is 13.0. The predicted octanol–water partition coefficient (Wildman–Crippen LogP) is -0.171. The van der Waals surface area contributed by atoms with Crippen LogP contribution >= 0.6 is 12.2 Å². The number of benzene rings is 2. The molecular formula is C18H16N5NaO3S2.